The van der Waals surface area contributed by atoms with Gasteiger partial charge in [0.15, 0.2) is 0 Å². The van der Waals surface area contributed by atoms with E-state index in [1.165, 1.54) is 0 Å². The van der Waals surface area contributed by atoms with Gasteiger partial charge in [0.1, 0.15) is 0 Å². The Bertz CT molecular complexity index is 407. The molecule has 0 aromatic heterocycles. The van der Waals surface area contributed by atoms with Crippen LogP contribution in [0.5, 0.6) is 0 Å². The minimum absolute atomic E-state index is 0. The van der Waals surface area contributed by atoms with Gasteiger partial charge in [-0.25, -0.2) is 0 Å². The van der Waals surface area contributed by atoms with Gasteiger partial charge in [0.2, 0.25) is 5.91 Å². The van der Waals surface area contributed by atoms with Crippen molar-refractivity contribution in [2.24, 2.45) is 5.73 Å². The summed E-state index contributed by atoms with van der Waals surface area (Å²) < 4.78 is 0.745. The fraction of sp³-hybridized carbons (Fsp3) is 0.364. The molecule has 0 aliphatic carbocycles. The number of thioether (sulfide) groups is 1. The minimum atomic E-state index is -0.475. The van der Waals surface area contributed by atoms with Crippen LogP contribution in [0.1, 0.15) is 6.42 Å². The molecule has 1 amide bonds. The van der Waals surface area contributed by atoms with Gasteiger partial charge < -0.3 is 11.1 Å². The second-order valence-corrected chi connectivity index (χ2v) is 5.75. The number of anilines is 1. The molecule has 1 aromatic rings. The molecular formula is C11H15BrCl2N2OS. The number of hydrogen-bond acceptors (Lipinski definition) is 3. The summed E-state index contributed by atoms with van der Waals surface area (Å²) in [5.41, 5.74) is 6.44. The van der Waals surface area contributed by atoms with Gasteiger partial charge in [-0.2, -0.15) is 11.8 Å². The van der Waals surface area contributed by atoms with Crippen molar-refractivity contribution in [1.29, 1.82) is 0 Å². The van der Waals surface area contributed by atoms with Gasteiger partial charge in [-0.1, -0.05) is 11.6 Å². The molecule has 0 bridgehead atoms. The van der Waals surface area contributed by atoms with Crippen molar-refractivity contribution in [1.82, 2.24) is 0 Å². The molecule has 102 valence electrons. The van der Waals surface area contributed by atoms with E-state index in [0.29, 0.717) is 17.1 Å². The lowest BCUT2D eigenvalue weighted by Crippen LogP contribution is -2.36. The van der Waals surface area contributed by atoms with E-state index in [4.69, 9.17) is 17.3 Å². The van der Waals surface area contributed by atoms with E-state index in [-0.39, 0.29) is 18.3 Å². The van der Waals surface area contributed by atoms with E-state index in [1.54, 1.807) is 30.0 Å². The first-order chi connectivity index (χ1) is 8.04. The number of carbonyl (C=O) groups excluding carboxylic acids is 1. The lowest BCUT2D eigenvalue weighted by atomic mass is 10.2. The van der Waals surface area contributed by atoms with Crippen molar-refractivity contribution >= 4 is 63.3 Å². The first-order valence-electron chi connectivity index (χ1n) is 5.05. The van der Waals surface area contributed by atoms with Gasteiger partial charge in [-0.05, 0) is 52.6 Å². The van der Waals surface area contributed by atoms with Crippen molar-refractivity contribution in [3.63, 3.8) is 0 Å². The molecule has 0 aliphatic heterocycles. The van der Waals surface area contributed by atoms with E-state index in [9.17, 15) is 4.79 Å². The summed E-state index contributed by atoms with van der Waals surface area (Å²) in [6, 6.07) is 4.74. The number of rotatable bonds is 5. The zero-order chi connectivity index (χ0) is 12.8. The molecule has 1 rings (SSSR count). The Morgan fingerprint density at radius 1 is 1.61 bits per heavy atom. The van der Waals surface area contributed by atoms with Gasteiger partial charge in [0.25, 0.3) is 0 Å². The highest BCUT2D eigenvalue weighted by Gasteiger charge is 2.13. The predicted octanol–water partition coefficient (Wildman–Crippen LogP) is 3.54. The molecule has 3 nitrogen and oxygen atoms in total. The normalized spacial score (nSPS) is 11.6. The van der Waals surface area contributed by atoms with Crippen LogP contribution in [0.4, 0.5) is 5.69 Å². The number of amides is 1. The molecule has 3 N–H and O–H groups in total. The monoisotopic (exact) mass is 372 g/mol. The summed E-state index contributed by atoms with van der Waals surface area (Å²) in [4.78, 5) is 11.7. The average Bonchev–Trinajstić information content (AvgIpc) is 2.30. The van der Waals surface area contributed by atoms with E-state index >= 15 is 0 Å². The maximum Gasteiger partial charge on any atom is 0.241 e. The lowest BCUT2D eigenvalue weighted by molar-refractivity contribution is -0.117. The van der Waals surface area contributed by atoms with E-state index in [1.807, 2.05) is 6.26 Å². The maximum absolute atomic E-state index is 11.7. The second kappa shape index (κ2) is 9.04. The standard InChI is InChI=1S/C11H14BrClN2OS.ClH/c1-17-5-4-10(14)11(16)15-7-2-3-9(13)8(12)6-7;/h2-3,6,10H,4-5,14H2,1H3,(H,15,16);1H/t10-;/m0./s1. The van der Waals surface area contributed by atoms with Crippen molar-refractivity contribution in [3.05, 3.63) is 27.7 Å². The Balaban J connectivity index is 0.00000289. The van der Waals surface area contributed by atoms with E-state index in [0.717, 1.165) is 10.2 Å². The number of carbonyl (C=O) groups is 1. The van der Waals surface area contributed by atoms with Crippen LogP contribution in [0.3, 0.4) is 0 Å². The smallest absolute Gasteiger partial charge is 0.241 e. The van der Waals surface area contributed by atoms with Gasteiger partial charge in [-0.3, -0.25) is 4.79 Å². The van der Waals surface area contributed by atoms with E-state index < -0.39 is 6.04 Å². The molecule has 0 saturated heterocycles. The molecule has 1 aromatic carbocycles. The fourth-order valence-electron chi connectivity index (χ4n) is 1.18. The van der Waals surface area contributed by atoms with Crippen molar-refractivity contribution in [2.75, 3.05) is 17.3 Å². The predicted molar refractivity (Wildman–Crippen MR) is 86.0 cm³/mol. The molecule has 1 atom stereocenters. The van der Waals surface area contributed by atoms with Crippen LogP contribution in [0.2, 0.25) is 5.02 Å². The summed E-state index contributed by atoms with van der Waals surface area (Å²) in [5.74, 6) is 0.701. The molecule has 0 saturated carbocycles. The zero-order valence-corrected chi connectivity index (χ0v) is 13.8. The fourth-order valence-corrected chi connectivity index (χ4v) is 2.17. The SMILES string of the molecule is CSCC[C@H](N)C(=O)Nc1ccc(Cl)c(Br)c1.Cl. The average molecular weight is 374 g/mol. The minimum Gasteiger partial charge on any atom is -0.325 e. The quantitative estimate of drug-likeness (QED) is 0.829. The molecule has 0 unspecified atom stereocenters. The number of nitrogens with two attached hydrogens (primary N) is 1. The van der Waals surface area contributed by atoms with Crippen LogP contribution in [0.15, 0.2) is 22.7 Å². The second-order valence-electron chi connectivity index (χ2n) is 3.51. The number of nitrogens with one attached hydrogen (secondary N) is 1. The highest BCUT2D eigenvalue weighted by atomic mass is 79.9. The van der Waals surface area contributed by atoms with Crippen molar-refractivity contribution in [3.8, 4) is 0 Å². The Morgan fingerprint density at radius 3 is 2.83 bits per heavy atom. The zero-order valence-electron chi connectivity index (χ0n) is 9.78. The van der Waals surface area contributed by atoms with E-state index in [2.05, 4.69) is 21.2 Å². The van der Waals surface area contributed by atoms with Crippen LogP contribution >= 0.6 is 51.7 Å². The molecule has 0 spiro atoms. The van der Waals surface area contributed by atoms with Crippen molar-refractivity contribution in [2.45, 2.75) is 12.5 Å². The molecule has 18 heavy (non-hydrogen) atoms. The third-order valence-corrected chi connectivity index (χ3v) is 4.01. The van der Waals surface area contributed by atoms with Crippen LogP contribution < -0.4 is 11.1 Å². The number of hydrogen-bond donors (Lipinski definition) is 2. The highest BCUT2D eigenvalue weighted by molar-refractivity contribution is 9.10. The maximum atomic E-state index is 11.7. The van der Waals surface area contributed by atoms with Gasteiger partial charge in [0, 0.05) is 10.2 Å². The topological polar surface area (TPSA) is 55.1 Å². The molecule has 0 aliphatic rings. The summed E-state index contributed by atoms with van der Waals surface area (Å²) in [7, 11) is 0. The summed E-state index contributed by atoms with van der Waals surface area (Å²) in [6.07, 6.45) is 2.66. The summed E-state index contributed by atoms with van der Waals surface area (Å²) >= 11 is 10.8. The van der Waals surface area contributed by atoms with Crippen molar-refractivity contribution < 1.29 is 4.79 Å². The third kappa shape index (κ3) is 5.80. The van der Waals surface area contributed by atoms with Crippen LogP contribution in [0, 0.1) is 0 Å². The van der Waals surface area contributed by atoms with Crippen LogP contribution in [-0.4, -0.2) is 24.0 Å². The largest absolute Gasteiger partial charge is 0.325 e. The van der Waals surface area contributed by atoms with Gasteiger partial charge in [-0.15, -0.1) is 12.4 Å². The molecular weight excluding hydrogens is 359 g/mol. The lowest BCUT2D eigenvalue weighted by Gasteiger charge is -2.12. The van der Waals surface area contributed by atoms with Crippen LogP contribution in [-0.2, 0) is 4.79 Å². The molecule has 0 radical (unpaired) electrons. The Morgan fingerprint density at radius 2 is 2.28 bits per heavy atom. The third-order valence-electron chi connectivity index (χ3n) is 2.16. The molecule has 7 heteroatoms. The number of halogens is 3. The Labute approximate surface area is 131 Å². The summed E-state index contributed by atoms with van der Waals surface area (Å²) in [6.45, 7) is 0. The van der Waals surface area contributed by atoms with Gasteiger partial charge >= 0.3 is 0 Å². The highest BCUT2D eigenvalue weighted by Crippen LogP contribution is 2.25. The Hall–Kier alpha value is 0.0600. The van der Waals surface area contributed by atoms with Gasteiger partial charge in [0.05, 0.1) is 11.1 Å². The number of benzene rings is 1. The molecule has 0 heterocycles. The first kappa shape index (κ1) is 18.1. The molecule has 0 fully saturated rings. The first-order valence-corrected chi connectivity index (χ1v) is 7.61. The van der Waals surface area contributed by atoms with Crippen LogP contribution in [0.25, 0.3) is 0 Å². The Kier molecular flexibility index (Phi) is 9.07. The summed E-state index contributed by atoms with van der Waals surface area (Å²) in [5, 5.41) is 3.36.